The van der Waals surface area contributed by atoms with Crippen molar-refractivity contribution >= 4 is 12.0 Å². The molecule has 1 aromatic carbocycles. The predicted octanol–water partition coefficient (Wildman–Crippen LogP) is 5.20. The molecule has 0 N–H and O–H groups in total. The van der Waals surface area contributed by atoms with Crippen LogP contribution >= 0.6 is 0 Å². The van der Waals surface area contributed by atoms with Crippen molar-refractivity contribution in [2.24, 2.45) is 11.3 Å². The van der Waals surface area contributed by atoms with Gasteiger partial charge in [0.15, 0.2) is 0 Å². The normalized spacial score (nSPS) is 28.1. The van der Waals surface area contributed by atoms with Gasteiger partial charge in [0.05, 0.1) is 6.61 Å². The Hall–Kier alpha value is -2.08. The molecule has 0 aromatic heterocycles. The van der Waals surface area contributed by atoms with Crippen molar-refractivity contribution in [2.75, 3.05) is 32.8 Å². The largest absolute Gasteiger partial charge is 0.450 e. The Balaban J connectivity index is 1.28. The molecule has 3 fully saturated rings. The molecule has 1 saturated carbocycles. The first kappa shape index (κ1) is 25.6. The average molecular weight is 496 g/mol. The fourth-order valence-electron chi connectivity index (χ4n) is 7.56. The van der Waals surface area contributed by atoms with Crippen LogP contribution in [0.2, 0.25) is 0 Å². The highest BCUT2D eigenvalue weighted by atomic mass is 16.6. The second-order valence-electron chi connectivity index (χ2n) is 12.9. The SMILES string of the molecule is CCOC(=O)N1CCCC2CC(N3CCC4(CC3)CN(C(=O)CC(C)(C)C)Cc3ccccc34)CC21. The Labute approximate surface area is 217 Å². The maximum Gasteiger partial charge on any atom is 0.410 e. The standard InChI is InChI=1S/C30H45N3O3/c1-5-36-28(35)33-14-8-10-22-17-24(18-26(22)33)31-15-12-30(13-16-31)21-32(27(34)19-29(2,3)4)20-23-9-6-7-11-25(23)30/h6-7,9,11,22,24,26H,5,8,10,12-21H2,1-4H3. The number of carbonyl (C=O) groups excluding carboxylic acids is 2. The lowest BCUT2D eigenvalue weighted by Gasteiger charge is -2.50. The van der Waals surface area contributed by atoms with E-state index in [0.717, 1.165) is 58.4 Å². The van der Waals surface area contributed by atoms with Gasteiger partial charge in [-0.2, -0.15) is 0 Å². The van der Waals surface area contributed by atoms with E-state index in [9.17, 15) is 9.59 Å². The van der Waals surface area contributed by atoms with Crippen molar-refractivity contribution in [1.29, 1.82) is 0 Å². The van der Waals surface area contributed by atoms with Crippen LogP contribution in [0, 0.1) is 11.3 Å². The van der Waals surface area contributed by atoms with Crippen molar-refractivity contribution in [1.82, 2.24) is 14.7 Å². The molecule has 0 radical (unpaired) electrons. The number of amides is 2. The van der Waals surface area contributed by atoms with Crippen LogP contribution in [0.1, 0.15) is 83.8 Å². The van der Waals surface area contributed by atoms with Crippen LogP contribution in [-0.4, -0.2) is 71.6 Å². The number of likely N-dealkylation sites (tertiary alicyclic amines) is 2. The average Bonchev–Trinajstić information content (AvgIpc) is 3.28. The van der Waals surface area contributed by atoms with E-state index >= 15 is 0 Å². The molecule has 3 aliphatic heterocycles. The molecule has 1 aromatic rings. The third kappa shape index (κ3) is 5.03. The van der Waals surface area contributed by atoms with Crippen molar-refractivity contribution in [3.05, 3.63) is 35.4 Å². The Kier molecular flexibility index (Phi) is 7.10. The topological polar surface area (TPSA) is 53.1 Å². The number of benzene rings is 1. The molecular formula is C30H45N3O3. The smallest absolute Gasteiger partial charge is 0.410 e. The Morgan fingerprint density at radius 1 is 1.08 bits per heavy atom. The lowest BCUT2D eigenvalue weighted by Crippen LogP contribution is -2.54. The number of piperidine rings is 2. The molecule has 3 atom stereocenters. The number of hydrogen-bond acceptors (Lipinski definition) is 4. The molecule has 198 valence electrons. The number of fused-ring (bicyclic) bond motifs is 3. The summed E-state index contributed by atoms with van der Waals surface area (Å²) in [7, 11) is 0. The maximum absolute atomic E-state index is 13.3. The molecule has 1 aliphatic carbocycles. The first-order valence-corrected chi connectivity index (χ1v) is 14.2. The lowest BCUT2D eigenvalue weighted by atomic mass is 9.68. The van der Waals surface area contributed by atoms with Gasteiger partial charge < -0.3 is 19.4 Å². The third-order valence-electron chi connectivity index (χ3n) is 9.26. The summed E-state index contributed by atoms with van der Waals surface area (Å²) in [5, 5.41) is 0. The quantitative estimate of drug-likeness (QED) is 0.579. The molecule has 6 heteroatoms. The van der Waals surface area contributed by atoms with Crippen molar-refractivity contribution in [3.8, 4) is 0 Å². The van der Waals surface area contributed by atoms with Crippen molar-refractivity contribution in [3.63, 3.8) is 0 Å². The monoisotopic (exact) mass is 495 g/mol. The zero-order chi connectivity index (χ0) is 25.5. The van der Waals surface area contributed by atoms with Gasteiger partial charge >= 0.3 is 6.09 Å². The second kappa shape index (κ2) is 10.00. The van der Waals surface area contributed by atoms with Crippen LogP contribution in [0.5, 0.6) is 0 Å². The van der Waals surface area contributed by atoms with Gasteiger partial charge in [0.1, 0.15) is 0 Å². The summed E-state index contributed by atoms with van der Waals surface area (Å²) >= 11 is 0. The molecule has 3 unspecified atom stereocenters. The van der Waals surface area contributed by atoms with E-state index in [0.29, 0.717) is 31.0 Å². The summed E-state index contributed by atoms with van der Waals surface area (Å²) in [5.41, 5.74) is 2.86. The fourth-order valence-corrected chi connectivity index (χ4v) is 7.56. The first-order valence-electron chi connectivity index (χ1n) is 14.2. The molecule has 0 bridgehead atoms. The molecule has 36 heavy (non-hydrogen) atoms. The summed E-state index contributed by atoms with van der Waals surface area (Å²) in [6.45, 7) is 13.4. The van der Waals surface area contributed by atoms with Crippen molar-refractivity contribution in [2.45, 2.75) is 96.7 Å². The van der Waals surface area contributed by atoms with E-state index in [2.05, 4.69) is 54.8 Å². The number of carbonyl (C=O) groups is 2. The molecule has 3 heterocycles. The van der Waals surface area contributed by atoms with Gasteiger partial charge in [-0.25, -0.2) is 4.79 Å². The summed E-state index contributed by atoms with van der Waals surface area (Å²) in [6.07, 6.45) is 7.25. The third-order valence-corrected chi connectivity index (χ3v) is 9.26. The van der Waals surface area contributed by atoms with E-state index in [1.807, 2.05) is 11.8 Å². The summed E-state index contributed by atoms with van der Waals surface area (Å²) in [5.74, 6) is 0.891. The minimum Gasteiger partial charge on any atom is -0.450 e. The summed E-state index contributed by atoms with van der Waals surface area (Å²) in [4.78, 5) is 32.7. The Morgan fingerprint density at radius 2 is 1.83 bits per heavy atom. The molecule has 4 aliphatic rings. The lowest BCUT2D eigenvalue weighted by molar-refractivity contribution is -0.135. The van der Waals surface area contributed by atoms with Crippen LogP contribution in [0.3, 0.4) is 0 Å². The number of ether oxygens (including phenoxy) is 1. The van der Waals surface area contributed by atoms with Gasteiger partial charge in [-0.15, -0.1) is 0 Å². The molecule has 1 spiro atoms. The van der Waals surface area contributed by atoms with Crippen LogP contribution in [0.4, 0.5) is 4.79 Å². The summed E-state index contributed by atoms with van der Waals surface area (Å²) in [6, 6.07) is 9.72. The van der Waals surface area contributed by atoms with Gasteiger partial charge in [0.25, 0.3) is 0 Å². The molecular weight excluding hydrogens is 450 g/mol. The fraction of sp³-hybridized carbons (Fsp3) is 0.733. The molecule has 2 saturated heterocycles. The minimum atomic E-state index is -0.121. The van der Waals surface area contributed by atoms with Gasteiger partial charge in [-0.3, -0.25) is 4.79 Å². The van der Waals surface area contributed by atoms with E-state index in [1.54, 1.807) is 0 Å². The number of nitrogens with zero attached hydrogens (tertiary/aromatic N) is 3. The molecule has 5 rings (SSSR count). The van der Waals surface area contributed by atoms with Crippen LogP contribution < -0.4 is 0 Å². The number of rotatable bonds is 3. The highest BCUT2D eigenvalue weighted by molar-refractivity contribution is 5.77. The van der Waals surface area contributed by atoms with Gasteiger partial charge in [0, 0.05) is 43.6 Å². The van der Waals surface area contributed by atoms with Gasteiger partial charge in [-0.05, 0) is 81.0 Å². The van der Waals surface area contributed by atoms with E-state index in [-0.39, 0.29) is 22.8 Å². The van der Waals surface area contributed by atoms with Crippen molar-refractivity contribution < 1.29 is 14.3 Å². The minimum absolute atomic E-state index is 0.00125. The highest BCUT2D eigenvalue weighted by Gasteiger charge is 2.48. The highest BCUT2D eigenvalue weighted by Crippen LogP contribution is 2.45. The van der Waals surface area contributed by atoms with Crippen LogP contribution in [-0.2, 0) is 21.5 Å². The van der Waals surface area contributed by atoms with Gasteiger partial charge in [-0.1, -0.05) is 45.0 Å². The van der Waals surface area contributed by atoms with Crippen LogP contribution in [0.15, 0.2) is 24.3 Å². The van der Waals surface area contributed by atoms with Gasteiger partial charge in [0.2, 0.25) is 5.91 Å². The second-order valence-corrected chi connectivity index (χ2v) is 12.9. The molecule has 6 nitrogen and oxygen atoms in total. The first-order chi connectivity index (χ1) is 17.2. The zero-order valence-electron chi connectivity index (χ0n) is 22.8. The predicted molar refractivity (Wildman–Crippen MR) is 142 cm³/mol. The summed E-state index contributed by atoms with van der Waals surface area (Å²) < 4.78 is 5.38. The van der Waals surface area contributed by atoms with E-state index in [1.165, 1.54) is 24.0 Å². The Morgan fingerprint density at radius 3 is 2.56 bits per heavy atom. The van der Waals surface area contributed by atoms with E-state index in [4.69, 9.17) is 4.74 Å². The maximum atomic E-state index is 13.3. The Bertz CT molecular complexity index is 962. The zero-order valence-corrected chi connectivity index (χ0v) is 22.8. The number of hydrogen-bond donors (Lipinski definition) is 0. The molecule has 2 amide bonds. The van der Waals surface area contributed by atoms with E-state index < -0.39 is 0 Å². The van der Waals surface area contributed by atoms with Crippen LogP contribution in [0.25, 0.3) is 0 Å².